The third kappa shape index (κ3) is 4.02. The van der Waals surface area contributed by atoms with E-state index < -0.39 is 0 Å². The van der Waals surface area contributed by atoms with Gasteiger partial charge >= 0.3 is 5.97 Å². The third-order valence-electron chi connectivity index (χ3n) is 4.52. The lowest BCUT2D eigenvalue weighted by molar-refractivity contribution is -0.139. The number of fused-ring (bicyclic) bond motifs is 1. The number of carbonyl (C=O) groups excluding carboxylic acids is 2. The molecule has 0 spiro atoms. The van der Waals surface area contributed by atoms with Gasteiger partial charge in [-0.25, -0.2) is 0 Å². The Labute approximate surface area is 154 Å². The Morgan fingerprint density at radius 3 is 2.65 bits per heavy atom. The monoisotopic (exact) mass is 349 g/mol. The van der Waals surface area contributed by atoms with Crippen LogP contribution in [0.1, 0.15) is 36.0 Å². The summed E-state index contributed by atoms with van der Waals surface area (Å²) in [5.41, 5.74) is 4.32. The molecular weight excluding hydrogens is 326 g/mol. The van der Waals surface area contributed by atoms with E-state index in [4.69, 9.17) is 4.74 Å². The molecule has 1 heterocycles. The van der Waals surface area contributed by atoms with Gasteiger partial charge in [-0.2, -0.15) is 0 Å². The molecule has 1 aliphatic rings. The molecule has 0 N–H and O–H groups in total. The minimum absolute atomic E-state index is 0.117. The van der Waals surface area contributed by atoms with Crippen molar-refractivity contribution in [1.82, 2.24) is 0 Å². The molecule has 134 valence electrons. The molecule has 0 saturated heterocycles. The van der Waals surface area contributed by atoms with Gasteiger partial charge in [0.1, 0.15) is 6.61 Å². The summed E-state index contributed by atoms with van der Waals surface area (Å²) in [5.74, 6) is -0.379. The first-order valence-electron chi connectivity index (χ1n) is 8.80. The van der Waals surface area contributed by atoms with Gasteiger partial charge in [-0.1, -0.05) is 60.2 Å². The van der Waals surface area contributed by atoms with Gasteiger partial charge in [-0.15, -0.1) is 0 Å². The fourth-order valence-corrected chi connectivity index (χ4v) is 3.26. The minimum Gasteiger partial charge on any atom is -0.462 e. The molecule has 1 amide bonds. The molecule has 0 fully saturated rings. The third-order valence-corrected chi connectivity index (χ3v) is 4.52. The van der Waals surface area contributed by atoms with E-state index in [0.29, 0.717) is 13.0 Å². The van der Waals surface area contributed by atoms with Crippen molar-refractivity contribution in [2.75, 3.05) is 11.5 Å². The number of hydrogen-bond donors (Lipinski definition) is 0. The summed E-state index contributed by atoms with van der Waals surface area (Å²) in [7, 11) is 0. The van der Waals surface area contributed by atoms with Crippen molar-refractivity contribution in [1.29, 1.82) is 0 Å². The first-order chi connectivity index (χ1) is 12.6. The number of aryl methyl sites for hydroxylation is 1. The topological polar surface area (TPSA) is 46.6 Å². The maximum atomic E-state index is 13.1. The maximum Gasteiger partial charge on any atom is 0.302 e. The van der Waals surface area contributed by atoms with Crippen LogP contribution in [0, 0.1) is 6.92 Å². The van der Waals surface area contributed by atoms with Crippen molar-refractivity contribution in [2.45, 2.75) is 32.7 Å². The van der Waals surface area contributed by atoms with E-state index in [-0.39, 0.29) is 24.4 Å². The first-order valence-corrected chi connectivity index (χ1v) is 8.80. The molecule has 4 heteroatoms. The summed E-state index contributed by atoms with van der Waals surface area (Å²) in [6.45, 7) is 4.24. The van der Waals surface area contributed by atoms with Crippen molar-refractivity contribution in [3.05, 3.63) is 77.4 Å². The highest BCUT2D eigenvalue weighted by Gasteiger charge is 2.36. The molecule has 4 nitrogen and oxygen atoms in total. The second-order valence-corrected chi connectivity index (χ2v) is 6.53. The van der Waals surface area contributed by atoms with Crippen LogP contribution in [0.4, 0.5) is 5.69 Å². The van der Waals surface area contributed by atoms with E-state index in [1.165, 1.54) is 6.92 Å². The predicted octanol–water partition coefficient (Wildman–Crippen LogP) is 4.13. The van der Waals surface area contributed by atoms with E-state index in [9.17, 15) is 9.59 Å². The van der Waals surface area contributed by atoms with Crippen LogP contribution in [0.25, 0.3) is 0 Å². The SMILES string of the molecule is CC(=O)OC/C=C\CC1C(=O)N(Cc2ccccc2)c2ccc(C)cc21. The highest BCUT2D eigenvalue weighted by molar-refractivity contribution is 6.05. The zero-order valence-corrected chi connectivity index (χ0v) is 15.1. The number of ether oxygens (including phenoxy) is 1. The number of benzene rings is 2. The summed E-state index contributed by atoms with van der Waals surface area (Å²) in [6, 6.07) is 16.2. The molecule has 2 aromatic rings. The van der Waals surface area contributed by atoms with Crippen LogP contribution in [0.5, 0.6) is 0 Å². The van der Waals surface area contributed by atoms with Gasteiger partial charge in [-0.05, 0) is 30.5 Å². The molecular formula is C22H23NO3. The average molecular weight is 349 g/mol. The summed E-state index contributed by atoms with van der Waals surface area (Å²) >= 11 is 0. The molecule has 3 rings (SSSR count). The number of rotatable bonds is 6. The van der Waals surface area contributed by atoms with Crippen LogP contribution in [0.2, 0.25) is 0 Å². The quantitative estimate of drug-likeness (QED) is 0.582. The lowest BCUT2D eigenvalue weighted by Gasteiger charge is -2.18. The minimum atomic E-state index is -0.304. The van der Waals surface area contributed by atoms with E-state index >= 15 is 0 Å². The van der Waals surface area contributed by atoms with E-state index in [1.54, 1.807) is 6.08 Å². The average Bonchev–Trinajstić information content (AvgIpc) is 2.87. The van der Waals surface area contributed by atoms with Crippen LogP contribution in [-0.4, -0.2) is 18.5 Å². The number of allylic oxidation sites excluding steroid dienone is 1. The number of nitrogens with zero attached hydrogens (tertiary/aromatic N) is 1. The number of anilines is 1. The molecule has 0 saturated carbocycles. The molecule has 0 bridgehead atoms. The Morgan fingerprint density at radius 2 is 1.92 bits per heavy atom. The highest BCUT2D eigenvalue weighted by atomic mass is 16.5. The van der Waals surface area contributed by atoms with E-state index in [1.807, 2.05) is 60.4 Å². The molecule has 26 heavy (non-hydrogen) atoms. The van der Waals surface area contributed by atoms with Crippen LogP contribution in [0.3, 0.4) is 0 Å². The number of esters is 1. The Balaban J connectivity index is 1.79. The van der Waals surface area contributed by atoms with Gasteiger partial charge in [0.25, 0.3) is 0 Å². The molecule has 0 aromatic heterocycles. The standard InChI is InChI=1S/C22H23NO3/c1-16-11-12-21-20(14-16)19(10-6-7-13-26-17(2)24)22(25)23(21)15-18-8-4-3-5-9-18/h3-9,11-12,14,19H,10,13,15H2,1-2H3/b7-6-. The van der Waals surface area contributed by atoms with Crippen molar-refractivity contribution in [3.8, 4) is 0 Å². The number of carbonyl (C=O) groups is 2. The van der Waals surface area contributed by atoms with Crippen molar-refractivity contribution < 1.29 is 14.3 Å². The lowest BCUT2D eigenvalue weighted by Crippen LogP contribution is -2.28. The van der Waals surface area contributed by atoms with Gasteiger partial charge in [0.15, 0.2) is 0 Å². The summed E-state index contributed by atoms with van der Waals surface area (Å²) in [4.78, 5) is 25.7. The maximum absolute atomic E-state index is 13.1. The van der Waals surface area contributed by atoms with Crippen molar-refractivity contribution >= 4 is 17.6 Å². The summed E-state index contributed by atoms with van der Waals surface area (Å²) < 4.78 is 4.90. The number of amides is 1. The van der Waals surface area contributed by atoms with Crippen molar-refractivity contribution in [2.24, 2.45) is 0 Å². The van der Waals surface area contributed by atoms with E-state index in [0.717, 1.165) is 22.4 Å². The lowest BCUT2D eigenvalue weighted by atomic mass is 9.96. The summed E-state index contributed by atoms with van der Waals surface area (Å²) in [5, 5.41) is 0. The van der Waals surface area contributed by atoms with Crippen molar-refractivity contribution in [3.63, 3.8) is 0 Å². The van der Waals surface area contributed by atoms with Crippen LogP contribution >= 0.6 is 0 Å². The fraction of sp³-hybridized carbons (Fsp3) is 0.273. The smallest absolute Gasteiger partial charge is 0.302 e. The molecule has 0 radical (unpaired) electrons. The molecule has 2 aromatic carbocycles. The van der Waals surface area contributed by atoms with Gasteiger partial charge in [0.05, 0.1) is 12.5 Å². The van der Waals surface area contributed by atoms with Crippen LogP contribution in [-0.2, 0) is 20.9 Å². The zero-order chi connectivity index (χ0) is 18.5. The molecule has 1 aliphatic heterocycles. The summed E-state index contributed by atoms with van der Waals surface area (Å²) in [6.07, 6.45) is 4.31. The molecule has 0 aliphatic carbocycles. The normalized spacial score (nSPS) is 16.2. The Morgan fingerprint density at radius 1 is 1.15 bits per heavy atom. The second kappa shape index (κ2) is 8.00. The fourth-order valence-electron chi connectivity index (χ4n) is 3.26. The largest absolute Gasteiger partial charge is 0.462 e. The predicted molar refractivity (Wildman–Crippen MR) is 102 cm³/mol. The first kappa shape index (κ1) is 17.9. The number of hydrogen-bond acceptors (Lipinski definition) is 3. The Kier molecular flexibility index (Phi) is 5.52. The van der Waals surface area contributed by atoms with Crippen LogP contribution < -0.4 is 4.90 Å². The van der Waals surface area contributed by atoms with Gasteiger partial charge in [0.2, 0.25) is 5.91 Å². The zero-order valence-electron chi connectivity index (χ0n) is 15.1. The van der Waals surface area contributed by atoms with E-state index in [2.05, 4.69) is 6.07 Å². The second-order valence-electron chi connectivity index (χ2n) is 6.53. The molecule has 1 unspecified atom stereocenters. The van der Waals surface area contributed by atoms with Gasteiger partial charge < -0.3 is 9.64 Å². The molecule has 1 atom stereocenters. The Hall–Kier alpha value is -2.88. The van der Waals surface area contributed by atoms with Gasteiger partial charge in [0, 0.05) is 12.6 Å². The van der Waals surface area contributed by atoms with Crippen LogP contribution in [0.15, 0.2) is 60.7 Å². The van der Waals surface area contributed by atoms with Gasteiger partial charge in [-0.3, -0.25) is 9.59 Å². The highest BCUT2D eigenvalue weighted by Crippen LogP contribution is 2.40. The Bertz CT molecular complexity index is 827.